The summed E-state index contributed by atoms with van der Waals surface area (Å²) in [4.78, 5) is 10.1. The summed E-state index contributed by atoms with van der Waals surface area (Å²) in [5.41, 5.74) is -0.712. The van der Waals surface area contributed by atoms with Crippen molar-refractivity contribution in [1.82, 2.24) is 9.97 Å². The number of thioether (sulfide) groups is 1. The maximum absolute atomic E-state index is 14.7. The average Bonchev–Trinajstić information content (AvgIpc) is 2.79. The van der Waals surface area contributed by atoms with Gasteiger partial charge in [-0.3, -0.25) is 0 Å². The van der Waals surface area contributed by atoms with Crippen molar-refractivity contribution in [2.75, 3.05) is 23.3 Å². The maximum atomic E-state index is 14.7. The Morgan fingerprint density at radius 3 is 2.47 bits per heavy atom. The molecule has 5 nitrogen and oxygen atoms in total. The minimum Gasteiger partial charge on any atom is -0.390 e. The Hall–Kier alpha value is -2.85. The highest BCUT2D eigenvalue weighted by molar-refractivity contribution is 7.98. The van der Waals surface area contributed by atoms with Gasteiger partial charge in [0.2, 0.25) is 5.95 Å². The number of hydrogen-bond donors (Lipinski definition) is 2. The third-order valence-corrected chi connectivity index (χ3v) is 6.71. The average molecular weight is 493 g/mol. The molecule has 10 heteroatoms. The fourth-order valence-electron chi connectivity index (χ4n) is 3.62. The van der Waals surface area contributed by atoms with Crippen LogP contribution in [0.25, 0.3) is 0 Å². The minimum atomic E-state index is -4.64. The molecule has 2 aromatic carbocycles. The lowest BCUT2D eigenvalue weighted by molar-refractivity contribution is -0.137. The molecule has 3 aromatic rings. The first-order valence-electron chi connectivity index (χ1n) is 10.8. The number of rotatable bonds is 6. The van der Waals surface area contributed by atoms with Gasteiger partial charge < -0.3 is 15.3 Å². The first-order chi connectivity index (χ1) is 16.1. The number of halogens is 4. The van der Waals surface area contributed by atoms with Crippen LogP contribution in [0, 0.1) is 5.82 Å². The zero-order valence-electron chi connectivity index (χ0n) is 18.4. The zero-order valence-corrected chi connectivity index (χ0v) is 19.3. The lowest BCUT2D eigenvalue weighted by Crippen LogP contribution is -2.43. The molecular formula is C24H24F4N4OS. The Balaban J connectivity index is 1.52. The van der Waals surface area contributed by atoms with E-state index in [0.717, 1.165) is 10.5 Å². The summed E-state index contributed by atoms with van der Waals surface area (Å²) in [7, 11) is 0. The summed E-state index contributed by atoms with van der Waals surface area (Å²) in [5, 5.41) is 12.8. The van der Waals surface area contributed by atoms with E-state index in [9.17, 15) is 22.7 Å². The molecule has 0 amide bonds. The highest BCUT2D eigenvalue weighted by Crippen LogP contribution is 2.38. The number of benzene rings is 2. The van der Waals surface area contributed by atoms with E-state index in [1.807, 2.05) is 30.3 Å². The number of anilines is 3. The van der Waals surface area contributed by atoms with Gasteiger partial charge in [-0.1, -0.05) is 30.3 Å². The summed E-state index contributed by atoms with van der Waals surface area (Å²) in [6.45, 7) is 2.09. The van der Waals surface area contributed by atoms with Crippen molar-refractivity contribution in [3.05, 3.63) is 71.7 Å². The Morgan fingerprint density at radius 1 is 1.12 bits per heavy atom. The second kappa shape index (κ2) is 9.79. The molecule has 0 bridgehead atoms. The van der Waals surface area contributed by atoms with Crippen LogP contribution < -0.4 is 10.2 Å². The number of hydrogen-bond acceptors (Lipinski definition) is 6. The normalized spacial score (nSPS) is 15.9. The molecule has 0 atom stereocenters. The van der Waals surface area contributed by atoms with Gasteiger partial charge in [0.1, 0.15) is 17.2 Å². The third kappa shape index (κ3) is 5.98. The molecule has 1 aromatic heterocycles. The van der Waals surface area contributed by atoms with Crippen molar-refractivity contribution in [2.24, 2.45) is 0 Å². The van der Waals surface area contributed by atoms with Crippen LogP contribution in [0.5, 0.6) is 0 Å². The Bertz CT molecular complexity index is 1130. The van der Waals surface area contributed by atoms with Crippen molar-refractivity contribution in [3.63, 3.8) is 0 Å². The lowest BCUT2D eigenvalue weighted by atomic mass is 9.94. The van der Waals surface area contributed by atoms with Crippen LogP contribution in [0.15, 0.2) is 59.6 Å². The van der Waals surface area contributed by atoms with Crippen molar-refractivity contribution < 1.29 is 22.7 Å². The Kier molecular flexibility index (Phi) is 6.99. The van der Waals surface area contributed by atoms with Crippen molar-refractivity contribution in [1.29, 1.82) is 0 Å². The van der Waals surface area contributed by atoms with Gasteiger partial charge in [-0.05, 0) is 43.5 Å². The van der Waals surface area contributed by atoms with Gasteiger partial charge in [0.05, 0.1) is 11.3 Å². The van der Waals surface area contributed by atoms with Crippen molar-refractivity contribution in [3.8, 4) is 0 Å². The molecule has 0 aliphatic carbocycles. The summed E-state index contributed by atoms with van der Waals surface area (Å²) in [6.07, 6.45) is -3.31. The predicted octanol–water partition coefficient (Wildman–Crippen LogP) is 6.02. The van der Waals surface area contributed by atoms with Crippen LogP contribution in [0.1, 0.15) is 30.9 Å². The monoisotopic (exact) mass is 492 g/mol. The third-order valence-electron chi connectivity index (χ3n) is 5.65. The topological polar surface area (TPSA) is 61.3 Å². The molecule has 0 radical (unpaired) electrons. The lowest BCUT2D eigenvalue weighted by Gasteiger charge is -2.37. The second-order valence-electron chi connectivity index (χ2n) is 8.45. The van der Waals surface area contributed by atoms with Crippen LogP contribution >= 0.6 is 11.8 Å². The molecule has 2 heterocycles. The van der Waals surface area contributed by atoms with Crippen LogP contribution in [0.4, 0.5) is 35.0 Å². The van der Waals surface area contributed by atoms with E-state index in [2.05, 4.69) is 15.3 Å². The highest BCUT2D eigenvalue weighted by Gasteiger charge is 2.38. The largest absolute Gasteiger partial charge is 0.421 e. The van der Waals surface area contributed by atoms with Crippen LogP contribution in [-0.4, -0.2) is 33.8 Å². The molecule has 0 unspecified atom stereocenters. The smallest absolute Gasteiger partial charge is 0.390 e. The van der Waals surface area contributed by atoms with E-state index >= 15 is 0 Å². The predicted molar refractivity (Wildman–Crippen MR) is 125 cm³/mol. The maximum Gasteiger partial charge on any atom is 0.421 e. The van der Waals surface area contributed by atoms with E-state index in [0.29, 0.717) is 24.8 Å². The second-order valence-corrected chi connectivity index (χ2v) is 9.50. The summed E-state index contributed by atoms with van der Waals surface area (Å²) < 4.78 is 55.5. The van der Waals surface area contributed by atoms with Gasteiger partial charge in [0.15, 0.2) is 0 Å². The summed E-state index contributed by atoms with van der Waals surface area (Å²) in [6, 6.07) is 14.4. The van der Waals surface area contributed by atoms with Crippen molar-refractivity contribution >= 4 is 29.2 Å². The van der Waals surface area contributed by atoms with E-state index in [1.54, 1.807) is 13.0 Å². The molecule has 0 spiro atoms. The molecule has 1 fully saturated rings. The van der Waals surface area contributed by atoms with Gasteiger partial charge in [0.25, 0.3) is 0 Å². The zero-order chi connectivity index (χ0) is 24.3. The van der Waals surface area contributed by atoms with Gasteiger partial charge in [0, 0.05) is 29.9 Å². The summed E-state index contributed by atoms with van der Waals surface area (Å²) >= 11 is 1.48. The first kappa shape index (κ1) is 24.3. The molecule has 1 saturated heterocycles. The van der Waals surface area contributed by atoms with Crippen molar-refractivity contribution in [2.45, 2.75) is 42.2 Å². The molecule has 0 saturated carbocycles. The van der Waals surface area contributed by atoms with Crippen LogP contribution in [-0.2, 0) is 11.9 Å². The SMILES string of the molecule is CC1(O)CCN(c2nc(Nc3ccc(SCc4ccccc4)cc3F)ncc2C(F)(F)F)CC1. The number of nitrogens with one attached hydrogen (secondary N) is 1. The summed E-state index contributed by atoms with van der Waals surface area (Å²) in [5.74, 6) is -0.293. The molecule has 180 valence electrons. The van der Waals surface area contributed by atoms with Gasteiger partial charge in [-0.25, -0.2) is 9.37 Å². The van der Waals surface area contributed by atoms with E-state index in [4.69, 9.17) is 0 Å². The quantitative estimate of drug-likeness (QED) is 0.324. The van der Waals surface area contributed by atoms with E-state index in [1.165, 1.54) is 28.8 Å². The number of aliphatic hydroxyl groups is 1. The van der Waals surface area contributed by atoms with Gasteiger partial charge >= 0.3 is 6.18 Å². The van der Waals surface area contributed by atoms with Gasteiger partial charge in [-0.2, -0.15) is 18.2 Å². The number of aromatic nitrogens is 2. The molecule has 1 aliphatic heterocycles. The number of alkyl halides is 3. The number of nitrogens with zero attached hydrogens (tertiary/aromatic N) is 3. The minimum absolute atomic E-state index is 0.0661. The molecule has 1 aliphatic rings. The molecular weight excluding hydrogens is 468 g/mol. The standard InChI is InChI=1S/C24H24F4N4OS/c1-23(33)9-11-32(12-10-23)21-18(24(26,27)28)14-29-22(31-21)30-20-8-7-17(13-19(20)25)34-15-16-5-3-2-4-6-16/h2-8,13-14,33H,9-12,15H2,1H3,(H,29,30,31). The Labute approximate surface area is 199 Å². The highest BCUT2D eigenvalue weighted by atomic mass is 32.2. The molecule has 2 N–H and O–H groups in total. The van der Waals surface area contributed by atoms with Crippen LogP contribution in [0.3, 0.4) is 0 Å². The van der Waals surface area contributed by atoms with E-state index in [-0.39, 0.29) is 30.5 Å². The van der Waals surface area contributed by atoms with E-state index < -0.39 is 23.2 Å². The first-order valence-corrected chi connectivity index (χ1v) is 11.7. The number of piperidine rings is 1. The fourth-order valence-corrected chi connectivity index (χ4v) is 4.50. The Morgan fingerprint density at radius 2 is 1.82 bits per heavy atom. The molecule has 34 heavy (non-hydrogen) atoms. The van der Waals surface area contributed by atoms with Crippen LogP contribution in [0.2, 0.25) is 0 Å². The molecule has 4 rings (SSSR count). The van der Waals surface area contributed by atoms with Gasteiger partial charge in [-0.15, -0.1) is 11.8 Å². The fraction of sp³-hybridized carbons (Fsp3) is 0.333.